The maximum atomic E-state index is 12.9. The predicted molar refractivity (Wildman–Crippen MR) is 136 cm³/mol. The normalized spacial score (nSPS) is 24.9. The lowest BCUT2D eigenvalue weighted by Gasteiger charge is -2.41. The molecule has 3 aliphatic rings. The average molecular weight is 484 g/mol. The molecule has 2 aliphatic heterocycles. The summed E-state index contributed by atoms with van der Waals surface area (Å²) in [6.07, 6.45) is 1.78. The highest BCUT2D eigenvalue weighted by Crippen LogP contribution is 2.44. The second-order valence-electron chi connectivity index (χ2n) is 10.5. The summed E-state index contributed by atoms with van der Waals surface area (Å²) in [5.41, 5.74) is 14.2. The van der Waals surface area contributed by atoms with Crippen molar-refractivity contribution >= 4 is 17.4 Å². The SMILES string of the molecule is C=C(N1CCN(c2ccn(-c3ccc(CN4CC5C(N)C5C4)c(Cl)c3)c(=O)n2)CC1)C(C)(C)N. The third-order valence-corrected chi connectivity index (χ3v) is 7.91. The fourth-order valence-corrected chi connectivity index (χ4v) is 5.46. The minimum absolute atomic E-state index is 0.315. The summed E-state index contributed by atoms with van der Waals surface area (Å²) in [5.74, 6) is 1.98. The first-order valence-corrected chi connectivity index (χ1v) is 12.3. The minimum Gasteiger partial charge on any atom is -0.370 e. The second kappa shape index (κ2) is 8.68. The first-order chi connectivity index (χ1) is 16.1. The van der Waals surface area contributed by atoms with Crippen molar-refractivity contribution in [3.05, 3.63) is 63.8 Å². The summed E-state index contributed by atoms with van der Waals surface area (Å²) >= 11 is 6.59. The molecule has 0 spiro atoms. The molecule has 8 nitrogen and oxygen atoms in total. The molecule has 5 rings (SSSR count). The van der Waals surface area contributed by atoms with Crippen LogP contribution in [0.5, 0.6) is 0 Å². The van der Waals surface area contributed by atoms with Gasteiger partial charge in [0.05, 0.1) is 5.69 Å². The van der Waals surface area contributed by atoms with Crippen molar-refractivity contribution in [1.29, 1.82) is 0 Å². The Morgan fingerprint density at radius 3 is 2.44 bits per heavy atom. The van der Waals surface area contributed by atoms with Gasteiger partial charge in [-0.25, -0.2) is 4.79 Å². The van der Waals surface area contributed by atoms with E-state index < -0.39 is 5.54 Å². The Kier molecular flexibility index (Phi) is 5.96. The maximum absolute atomic E-state index is 12.9. The van der Waals surface area contributed by atoms with Gasteiger partial charge in [-0.1, -0.05) is 24.2 Å². The highest BCUT2D eigenvalue weighted by molar-refractivity contribution is 6.31. The summed E-state index contributed by atoms with van der Waals surface area (Å²) in [7, 11) is 0. The fourth-order valence-electron chi connectivity index (χ4n) is 5.22. The molecule has 182 valence electrons. The van der Waals surface area contributed by atoms with Crippen LogP contribution < -0.4 is 22.1 Å². The van der Waals surface area contributed by atoms with Gasteiger partial charge in [-0.05, 0) is 49.4 Å². The molecule has 4 N–H and O–H groups in total. The first kappa shape index (κ1) is 23.4. The number of nitrogens with two attached hydrogens (primary N) is 2. The van der Waals surface area contributed by atoms with E-state index in [1.807, 2.05) is 38.1 Å². The highest BCUT2D eigenvalue weighted by Gasteiger charge is 2.53. The zero-order chi connectivity index (χ0) is 24.2. The molecule has 2 unspecified atom stereocenters. The van der Waals surface area contributed by atoms with Crippen molar-refractivity contribution in [3.63, 3.8) is 0 Å². The van der Waals surface area contributed by atoms with Crippen LogP contribution in [0.1, 0.15) is 19.4 Å². The number of fused-ring (bicyclic) bond motifs is 1. The van der Waals surface area contributed by atoms with Gasteiger partial charge in [0.15, 0.2) is 0 Å². The molecule has 0 bridgehead atoms. The zero-order valence-corrected chi connectivity index (χ0v) is 20.7. The van der Waals surface area contributed by atoms with E-state index in [1.165, 1.54) is 4.57 Å². The molecule has 3 fully saturated rings. The lowest BCUT2D eigenvalue weighted by Crippen LogP contribution is -2.51. The Hall–Kier alpha value is -2.39. The Morgan fingerprint density at radius 2 is 1.85 bits per heavy atom. The summed E-state index contributed by atoms with van der Waals surface area (Å²) in [6.45, 7) is 14.1. The highest BCUT2D eigenvalue weighted by atomic mass is 35.5. The predicted octanol–water partition coefficient (Wildman–Crippen LogP) is 1.65. The monoisotopic (exact) mass is 483 g/mol. The number of piperazine rings is 1. The smallest absolute Gasteiger partial charge is 0.354 e. The molecular weight excluding hydrogens is 450 g/mol. The summed E-state index contributed by atoms with van der Waals surface area (Å²) in [5, 5.41) is 0.664. The van der Waals surface area contributed by atoms with E-state index in [9.17, 15) is 4.79 Å². The average Bonchev–Trinajstić information content (AvgIpc) is 3.18. The van der Waals surface area contributed by atoms with Gasteiger partial charge in [-0.3, -0.25) is 9.47 Å². The van der Waals surface area contributed by atoms with Gasteiger partial charge in [0, 0.05) is 74.3 Å². The zero-order valence-electron chi connectivity index (χ0n) is 20.0. The molecule has 1 aliphatic carbocycles. The van der Waals surface area contributed by atoms with Gasteiger partial charge in [0.2, 0.25) is 0 Å². The number of hydrogen-bond donors (Lipinski definition) is 2. The number of hydrogen-bond acceptors (Lipinski definition) is 7. The van der Waals surface area contributed by atoms with Crippen LogP contribution in [-0.2, 0) is 6.54 Å². The minimum atomic E-state index is -0.444. The van der Waals surface area contributed by atoms with E-state index in [1.54, 1.807) is 6.20 Å². The van der Waals surface area contributed by atoms with E-state index in [2.05, 4.69) is 26.3 Å². The van der Waals surface area contributed by atoms with Crippen molar-refractivity contribution in [3.8, 4) is 5.69 Å². The van der Waals surface area contributed by atoms with Gasteiger partial charge in [0.25, 0.3) is 0 Å². The molecule has 2 aromatic rings. The second-order valence-corrected chi connectivity index (χ2v) is 10.9. The molecule has 9 heteroatoms. The summed E-state index contributed by atoms with van der Waals surface area (Å²) in [6, 6.07) is 8.07. The summed E-state index contributed by atoms with van der Waals surface area (Å²) in [4.78, 5) is 24.0. The number of piperidine rings is 1. The third-order valence-electron chi connectivity index (χ3n) is 7.56. The van der Waals surface area contributed by atoms with Crippen molar-refractivity contribution < 1.29 is 0 Å². The molecule has 0 amide bonds. The number of aromatic nitrogens is 2. The van der Waals surface area contributed by atoms with E-state index in [0.29, 0.717) is 28.7 Å². The van der Waals surface area contributed by atoms with Crippen molar-refractivity contribution in [2.45, 2.75) is 32.0 Å². The molecule has 0 radical (unpaired) electrons. The number of nitrogens with zero attached hydrogens (tertiary/aromatic N) is 5. The molecule has 34 heavy (non-hydrogen) atoms. The lowest BCUT2D eigenvalue weighted by molar-refractivity contribution is 0.281. The van der Waals surface area contributed by atoms with Crippen LogP contribution in [0.3, 0.4) is 0 Å². The quantitative estimate of drug-likeness (QED) is 0.644. The topological polar surface area (TPSA) is 96.6 Å². The van der Waals surface area contributed by atoms with E-state index >= 15 is 0 Å². The Balaban J connectivity index is 1.24. The Morgan fingerprint density at radius 1 is 1.18 bits per heavy atom. The van der Waals surface area contributed by atoms with Crippen LogP contribution in [-0.4, -0.2) is 70.2 Å². The Labute approximate surface area is 205 Å². The third kappa shape index (κ3) is 4.47. The van der Waals surface area contributed by atoms with Crippen LogP contribution in [0.2, 0.25) is 5.02 Å². The Bertz CT molecular complexity index is 1140. The number of benzene rings is 1. The number of likely N-dealkylation sites (tertiary alicyclic amines) is 1. The maximum Gasteiger partial charge on any atom is 0.354 e. The molecule has 1 aromatic carbocycles. The van der Waals surface area contributed by atoms with Gasteiger partial charge in [-0.15, -0.1) is 0 Å². The number of halogens is 1. The number of anilines is 1. The van der Waals surface area contributed by atoms with Crippen molar-refractivity contribution in [2.75, 3.05) is 44.2 Å². The van der Waals surface area contributed by atoms with Crippen LogP contribution >= 0.6 is 11.6 Å². The molecule has 1 aromatic heterocycles. The summed E-state index contributed by atoms with van der Waals surface area (Å²) < 4.78 is 1.54. The van der Waals surface area contributed by atoms with Gasteiger partial charge < -0.3 is 21.3 Å². The molecule has 3 heterocycles. The molecule has 2 saturated heterocycles. The van der Waals surface area contributed by atoms with Crippen molar-refractivity contribution in [2.24, 2.45) is 23.3 Å². The van der Waals surface area contributed by atoms with E-state index in [0.717, 1.165) is 62.8 Å². The largest absolute Gasteiger partial charge is 0.370 e. The van der Waals surface area contributed by atoms with E-state index in [4.69, 9.17) is 23.1 Å². The molecule has 2 atom stereocenters. The van der Waals surface area contributed by atoms with Gasteiger partial charge in [0.1, 0.15) is 5.82 Å². The van der Waals surface area contributed by atoms with Gasteiger partial charge >= 0.3 is 5.69 Å². The van der Waals surface area contributed by atoms with Crippen LogP contribution in [0.15, 0.2) is 47.5 Å². The van der Waals surface area contributed by atoms with Crippen LogP contribution in [0.4, 0.5) is 5.82 Å². The van der Waals surface area contributed by atoms with Crippen molar-refractivity contribution in [1.82, 2.24) is 19.4 Å². The standard InChI is InChI=1S/C25H34ClN7O/c1-16(25(2,3)28)31-8-10-32(11-9-31)22-6-7-33(24(34)29-22)18-5-4-17(21(26)12-18)13-30-14-19-20(15-30)23(19)27/h4-7,12,19-20,23H,1,8-11,13-15,27-28H2,2-3H3. The van der Waals surface area contributed by atoms with Crippen LogP contribution in [0, 0.1) is 11.8 Å². The molecular formula is C25H34ClN7O. The molecule has 1 saturated carbocycles. The first-order valence-electron chi connectivity index (χ1n) is 12.0. The lowest BCUT2D eigenvalue weighted by atomic mass is 10.0. The van der Waals surface area contributed by atoms with Gasteiger partial charge in [-0.2, -0.15) is 4.98 Å². The fraction of sp³-hybridized carbons (Fsp3) is 0.520. The van der Waals surface area contributed by atoms with E-state index in [-0.39, 0.29) is 5.69 Å². The van der Waals surface area contributed by atoms with Crippen LogP contribution in [0.25, 0.3) is 5.69 Å². The number of rotatable bonds is 6.